The average molecular weight is 386 g/mol. The SMILES string of the molecule is CC1(C)O[C@@H]2[C@H](O1)[C@H]1OC(C)(C)O[C@H]1O[C@@H]2[C@H](CCO)NC1CCCCC1. The Kier molecular flexibility index (Phi) is 5.57. The molecule has 0 amide bonds. The number of nitrogens with one attached hydrogen (secondary N) is 1. The predicted octanol–water partition coefficient (Wildman–Crippen LogP) is 2.06. The molecule has 7 heteroatoms. The normalized spacial score (nSPS) is 41.9. The van der Waals surface area contributed by atoms with Gasteiger partial charge in [0.15, 0.2) is 17.9 Å². The monoisotopic (exact) mass is 385 g/mol. The Morgan fingerprint density at radius 1 is 0.889 bits per heavy atom. The minimum absolute atomic E-state index is 0.0173. The third-order valence-electron chi connectivity index (χ3n) is 6.08. The maximum Gasteiger partial charge on any atom is 0.190 e. The Hall–Kier alpha value is -0.280. The minimum atomic E-state index is -0.714. The highest BCUT2D eigenvalue weighted by Gasteiger charge is 2.61. The van der Waals surface area contributed by atoms with Crippen LogP contribution in [0.15, 0.2) is 0 Å². The van der Waals surface area contributed by atoms with Crippen LogP contribution >= 0.6 is 0 Å². The summed E-state index contributed by atoms with van der Waals surface area (Å²) in [7, 11) is 0. The van der Waals surface area contributed by atoms with Gasteiger partial charge in [0.25, 0.3) is 0 Å². The van der Waals surface area contributed by atoms with E-state index in [9.17, 15) is 5.11 Å². The molecular weight excluding hydrogens is 350 g/mol. The van der Waals surface area contributed by atoms with Gasteiger partial charge in [-0.15, -0.1) is 0 Å². The van der Waals surface area contributed by atoms with Crippen molar-refractivity contribution in [1.82, 2.24) is 5.32 Å². The highest BCUT2D eigenvalue weighted by Crippen LogP contribution is 2.45. The molecule has 4 aliphatic rings. The summed E-state index contributed by atoms with van der Waals surface area (Å²) < 4.78 is 30.9. The van der Waals surface area contributed by atoms with Crippen molar-refractivity contribution in [2.75, 3.05) is 6.61 Å². The molecule has 27 heavy (non-hydrogen) atoms. The van der Waals surface area contributed by atoms with Gasteiger partial charge in [-0.1, -0.05) is 19.3 Å². The molecule has 3 aliphatic heterocycles. The zero-order valence-corrected chi connectivity index (χ0v) is 17.0. The van der Waals surface area contributed by atoms with E-state index in [-0.39, 0.29) is 37.1 Å². The number of ether oxygens (including phenoxy) is 5. The summed E-state index contributed by atoms with van der Waals surface area (Å²) >= 11 is 0. The van der Waals surface area contributed by atoms with Crippen LogP contribution in [0.3, 0.4) is 0 Å². The lowest BCUT2D eigenvalue weighted by Gasteiger charge is -2.42. The molecule has 6 atom stereocenters. The molecule has 0 aromatic heterocycles. The van der Waals surface area contributed by atoms with Gasteiger partial charge in [-0.3, -0.25) is 0 Å². The van der Waals surface area contributed by atoms with E-state index >= 15 is 0 Å². The molecule has 2 N–H and O–H groups in total. The lowest BCUT2D eigenvalue weighted by Crippen LogP contribution is -2.62. The average Bonchev–Trinajstić information content (AvgIpc) is 3.08. The summed E-state index contributed by atoms with van der Waals surface area (Å²) in [5.41, 5.74) is 0. The first-order valence-corrected chi connectivity index (χ1v) is 10.5. The second kappa shape index (κ2) is 7.52. The fourth-order valence-electron chi connectivity index (χ4n) is 5.02. The van der Waals surface area contributed by atoms with Crippen LogP contribution < -0.4 is 5.32 Å². The second-order valence-electron chi connectivity index (χ2n) is 9.25. The number of aliphatic hydroxyl groups is 1. The molecule has 3 saturated heterocycles. The van der Waals surface area contributed by atoms with Crippen molar-refractivity contribution < 1.29 is 28.8 Å². The highest BCUT2D eigenvalue weighted by atomic mass is 16.9. The molecule has 1 aliphatic carbocycles. The first-order valence-electron chi connectivity index (χ1n) is 10.5. The summed E-state index contributed by atoms with van der Waals surface area (Å²) in [4.78, 5) is 0. The van der Waals surface area contributed by atoms with Crippen molar-refractivity contribution in [2.45, 2.75) is 121 Å². The lowest BCUT2D eigenvalue weighted by molar-refractivity contribution is -0.241. The van der Waals surface area contributed by atoms with Gasteiger partial charge in [0.1, 0.15) is 24.4 Å². The van der Waals surface area contributed by atoms with Crippen LogP contribution in [0.1, 0.15) is 66.2 Å². The molecule has 3 heterocycles. The van der Waals surface area contributed by atoms with E-state index in [4.69, 9.17) is 23.7 Å². The van der Waals surface area contributed by atoms with E-state index in [1.165, 1.54) is 32.1 Å². The number of aliphatic hydroxyl groups excluding tert-OH is 1. The molecular formula is C20H35NO6. The van der Waals surface area contributed by atoms with E-state index in [2.05, 4.69) is 5.32 Å². The van der Waals surface area contributed by atoms with Crippen LogP contribution in [-0.4, -0.2) is 66.1 Å². The Bertz CT molecular complexity index is 521. The standard InChI is InChI=1S/C20H35NO6/c1-19(2)24-15-14(13(10-11-22)21-12-8-6-5-7-9-12)23-18-17(16(15)25-19)26-20(3,4)27-18/h12-18,21-22H,5-11H2,1-4H3/t13-,14+,15-,16-,17+,18+/m0/s1. The van der Waals surface area contributed by atoms with Crippen molar-refractivity contribution in [3.63, 3.8) is 0 Å². The second-order valence-corrected chi connectivity index (χ2v) is 9.25. The van der Waals surface area contributed by atoms with Crippen LogP contribution in [0, 0.1) is 0 Å². The van der Waals surface area contributed by atoms with E-state index in [0.717, 1.165) is 0 Å². The van der Waals surface area contributed by atoms with Gasteiger partial charge < -0.3 is 34.1 Å². The third kappa shape index (κ3) is 4.20. The summed E-state index contributed by atoms with van der Waals surface area (Å²) in [5, 5.41) is 13.4. The molecule has 0 bridgehead atoms. The first-order chi connectivity index (χ1) is 12.8. The lowest BCUT2D eigenvalue weighted by atomic mass is 9.90. The van der Waals surface area contributed by atoms with Gasteiger partial charge in [-0.25, -0.2) is 0 Å². The van der Waals surface area contributed by atoms with Crippen LogP contribution in [0.2, 0.25) is 0 Å². The van der Waals surface area contributed by atoms with Crippen molar-refractivity contribution in [1.29, 1.82) is 0 Å². The zero-order chi connectivity index (χ0) is 19.2. The van der Waals surface area contributed by atoms with Gasteiger partial charge in [0, 0.05) is 18.7 Å². The van der Waals surface area contributed by atoms with E-state index in [1.807, 2.05) is 27.7 Å². The smallest absolute Gasteiger partial charge is 0.190 e. The maximum absolute atomic E-state index is 9.69. The summed E-state index contributed by atoms with van der Waals surface area (Å²) in [6.07, 6.45) is 5.20. The van der Waals surface area contributed by atoms with Gasteiger partial charge in [0.2, 0.25) is 0 Å². The van der Waals surface area contributed by atoms with Crippen LogP contribution in [0.5, 0.6) is 0 Å². The Morgan fingerprint density at radius 3 is 2.22 bits per heavy atom. The van der Waals surface area contributed by atoms with Gasteiger partial charge in [0.05, 0.1) is 0 Å². The molecule has 0 aromatic rings. The predicted molar refractivity (Wildman–Crippen MR) is 98.0 cm³/mol. The molecule has 0 unspecified atom stereocenters. The topological polar surface area (TPSA) is 78.4 Å². The Morgan fingerprint density at radius 2 is 1.52 bits per heavy atom. The largest absolute Gasteiger partial charge is 0.396 e. The molecule has 1 saturated carbocycles. The quantitative estimate of drug-likeness (QED) is 0.750. The molecule has 4 fully saturated rings. The number of hydrogen-bond acceptors (Lipinski definition) is 7. The zero-order valence-electron chi connectivity index (χ0n) is 17.0. The van der Waals surface area contributed by atoms with Crippen molar-refractivity contribution in [3.05, 3.63) is 0 Å². The van der Waals surface area contributed by atoms with E-state index < -0.39 is 17.9 Å². The van der Waals surface area contributed by atoms with Gasteiger partial charge in [-0.2, -0.15) is 0 Å². The number of hydrogen-bond donors (Lipinski definition) is 2. The first kappa shape index (κ1) is 20.0. The maximum atomic E-state index is 9.69. The minimum Gasteiger partial charge on any atom is -0.396 e. The molecule has 7 nitrogen and oxygen atoms in total. The Labute approximate surface area is 162 Å². The number of rotatable bonds is 5. The summed E-state index contributed by atoms with van der Waals surface area (Å²) in [6.45, 7) is 7.74. The molecule has 4 rings (SSSR count). The van der Waals surface area contributed by atoms with Gasteiger partial charge >= 0.3 is 0 Å². The van der Waals surface area contributed by atoms with Crippen molar-refractivity contribution in [3.8, 4) is 0 Å². The van der Waals surface area contributed by atoms with Crippen LogP contribution in [0.4, 0.5) is 0 Å². The highest BCUT2D eigenvalue weighted by molar-refractivity contribution is 5.03. The van der Waals surface area contributed by atoms with E-state index in [1.54, 1.807) is 0 Å². The molecule has 0 aromatic carbocycles. The summed E-state index contributed by atoms with van der Waals surface area (Å²) in [6, 6.07) is 0.443. The fraction of sp³-hybridized carbons (Fsp3) is 1.00. The summed E-state index contributed by atoms with van der Waals surface area (Å²) in [5.74, 6) is -1.41. The van der Waals surface area contributed by atoms with Gasteiger partial charge in [-0.05, 0) is 47.0 Å². The fourth-order valence-corrected chi connectivity index (χ4v) is 5.02. The Balaban J connectivity index is 1.55. The third-order valence-corrected chi connectivity index (χ3v) is 6.08. The molecule has 156 valence electrons. The molecule has 0 radical (unpaired) electrons. The van der Waals surface area contributed by atoms with Crippen molar-refractivity contribution >= 4 is 0 Å². The van der Waals surface area contributed by atoms with E-state index in [0.29, 0.717) is 12.5 Å². The number of fused-ring (bicyclic) bond motifs is 3. The van der Waals surface area contributed by atoms with Crippen molar-refractivity contribution in [2.24, 2.45) is 0 Å². The van der Waals surface area contributed by atoms with Crippen LogP contribution in [-0.2, 0) is 23.7 Å². The van der Waals surface area contributed by atoms with Crippen LogP contribution in [0.25, 0.3) is 0 Å². The molecule has 0 spiro atoms.